The SMILES string of the molecule is CCCCCCCCCCCCCOC(=O)C1CCCC(C(=O)OCCCCCCCCC(C)C)C1. The molecule has 0 bridgehead atoms. The summed E-state index contributed by atoms with van der Waals surface area (Å²) < 4.78 is 11.1. The third-order valence-corrected chi connectivity index (χ3v) is 7.75. The van der Waals surface area contributed by atoms with Gasteiger partial charge in [-0.3, -0.25) is 9.59 Å². The lowest BCUT2D eigenvalue weighted by atomic mass is 9.81. The van der Waals surface area contributed by atoms with E-state index in [0.717, 1.165) is 50.9 Å². The van der Waals surface area contributed by atoms with E-state index in [2.05, 4.69) is 20.8 Å². The standard InChI is InChI=1S/C32H60O4/c1-4-5-6-7-8-9-10-11-13-16-19-25-35-31(33)29-23-21-24-30(27-29)32(34)36-26-20-17-14-12-15-18-22-28(2)3/h28-30H,4-27H2,1-3H3. The molecule has 1 rings (SSSR count). The normalized spacial score (nSPS) is 17.9. The summed E-state index contributed by atoms with van der Waals surface area (Å²) in [6, 6.07) is 0. The quantitative estimate of drug-likeness (QED) is 0.102. The van der Waals surface area contributed by atoms with E-state index in [1.54, 1.807) is 0 Å². The maximum Gasteiger partial charge on any atom is 0.308 e. The average Bonchev–Trinajstić information content (AvgIpc) is 2.88. The van der Waals surface area contributed by atoms with Gasteiger partial charge in [0.05, 0.1) is 25.0 Å². The Hall–Kier alpha value is -1.06. The summed E-state index contributed by atoms with van der Waals surface area (Å²) in [7, 11) is 0. The van der Waals surface area contributed by atoms with Crippen LogP contribution in [-0.2, 0) is 19.1 Å². The van der Waals surface area contributed by atoms with Crippen LogP contribution < -0.4 is 0 Å². The van der Waals surface area contributed by atoms with Crippen LogP contribution in [0.4, 0.5) is 0 Å². The molecule has 36 heavy (non-hydrogen) atoms. The number of ether oxygens (including phenoxy) is 2. The van der Waals surface area contributed by atoms with Gasteiger partial charge in [-0.1, -0.05) is 130 Å². The molecule has 2 atom stereocenters. The first kappa shape index (κ1) is 33.0. The first-order chi connectivity index (χ1) is 17.5. The lowest BCUT2D eigenvalue weighted by Crippen LogP contribution is -2.30. The van der Waals surface area contributed by atoms with Crippen molar-refractivity contribution in [1.82, 2.24) is 0 Å². The summed E-state index contributed by atoms with van der Waals surface area (Å²) in [6.45, 7) is 7.88. The monoisotopic (exact) mass is 508 g/mol. The molecule has 0 aliphatic heterocycles. The Bertz CT molecular complexity index is 530. The second-order valence-corrected chi connectivity index (χ2v) is 11.7. The van der Waals surface area contributed by atoms with E-state index in [1.807, 2.05) is 0 Å². The average molecular weight is 509 g/mol. The Kier molecular flexibility index (Phi) is 21.1. The van der Waals surface area contributed by atoms with Crippen LogP contribution in [0, 0.1) is 17.8 Å². The molecule has 1 aliphatic carbocycles. The number of esters is 2. The molecule has 0 N–H and O–H groups in total. The molecule has 4 heteroatoms. The molecule has 0 saturated heterocycles. The number of unbranched alkanes of at least 4 members (excludes halogenated alkanes) is 15. The highest BCUT2D eigenvalue weighted by atomic mass is 16.5. The van der Waals surface area contributed by atoms with Gasteiger partial charge in [-0.25, -0.2) is 0 Å². The molecule has 4 nitrogen and oxygen atoms in total. The minimum Gasteiger partial charge on any atom is -0.465 e. The van der Waals surface area contributed by atoms with Gasteiger partial charge in [-0.05, 0) is 38.0 Å². The largest absolute Gasteiger partial charge is 0.465 e. The second kappa shape index (κ2) is 23.1. The van der Waals surface area contributed by atoms with Crippen molar-refractivity contribution in [2.24, 2.45) is 17.8 Å². The van der Waals surface area contributed by atoms with Crippen LogP contribution >= 0.6 is 0 Å². The summed E-state index contributed by atoms with van der Waals surface area (Å²) in [6.07, 6.45) is 26.0. The van der Waals surface area contributed by atoms with Crippen LogP contribution in [0.15, 0.2) is 0 Å². The number of carbonyl (C=O) groups excluding carboxylic acids is 2. The summed E-state index contributed by atoms with van der Waals surface area (Å²) in [5.74, 6) is 0.344. The zero-order valence-electron chi connectivity index (χ0n) is 24.3. The Morgan fingerprint density at radius 3 is 1.42 bits per heavy atom. The van der Waals surface area contributed by atoms with E-state index < -0.39 is 0 Å². The minimum atomic E-state index is -0.130. The van der Waals surface area contributed by atoms with Crippen molar-refractivity contribution in [3.05, 3.63) is 0 Å². The van der Waals surface area contributed by atoms with Gasteiger partial charge >= 0.3 is 11.9 Å². The molecule has 0 aromatic rings. The number of rotatable bonds is 23. The van der Waals surface area contributed by atoms with Gasteiger partial charge < -0.3 is 9.47 Å². The molecule has 0 radical (unpaired) electrons. The summed E-state index contributed by atoms with van der Waals surface area (Å²) in [4.78, 5) is 25.0. The van der Waals surface area contributed by atoms with Gasteiger partial charge in [0, 0.05) is 0 Å². The van der Waals surface area contributed by atoms with E-state index >= 15 is 0 Å². The van der Waals surface area contributed by atoms with Crippen LogP contribution in [0.1, 0.15) is 162 Å². The minimum absolute atomic E-state index is 0.1000. The molecular weight excluding hydrogens is 448 g/mol. The van der Waals surface area contributed by atoms with Gasteiger partial charge in [-0.15, -0.1) is 0 Å². The van der Waals surface area contributed by atoms with Crippen LogP contribution in [0.2, 0.25) is 0 Å². The second-order valence-electron chi connectivity index (χ2n) is 11.7. The van der Waals surface area contributed by atoms with Gasteiger partial charge in [0.1, 0.15) is 0 Å². The van der Waals surface area contributed by atoms with Crippen molar-refractivity contribution in [3.63, 3.8) is 0 Å². The molecule has 212 valence electrons. The van der Waals surface area contributed by atoms with Crippen LogP contribution in [0.25, 0.3) is 0 Å². The molecule has 2 unspecified atom stereocenters. The Labute approximate surface area is 224 Å². The maximum atomic E-state index is 12.5. The van der Waals surface area contributed by atoms with Crippen molar-refractivity contribution < 1.29 is 19.1 Å². The fourth-order valence-electron chi connectivity index (χ4n) is 5.33. The Morgan fingerprint density at radius 2 is 1.00 bits per heavy atom. The highest BCUT2D eigenvalue weighted by Gasteiger charge is 2.32. The smallest absolute Gasteiger partial charge is 0.308 e. The van der Waals surface area contributed by atoms with Crippen LogP contribution in [0.5, 0.6) is 0 Å². The molecule has 1 saturated carbocycles. The lowest BCUT2D eigenvalue weighted by Gasteiger charge is -2.26. The molecule has 0 aromatic carbocycles. The molecule has 1 aliphatic rings. The third-order valence-electron chi connectivity index (χ3n) is 7.75. The molecular formula is C32H60O4. The highest BCUT2D eigenvalue weighted by Crippen LogP contribution is 2.31. The number of hydrogen-bond donors (Lipinski definition) is 0. The van der Waals surface area contributed by atoms with Crippen molar-refractivity contribution in [2.75, 3.05) is 13.2 Å². The van der Waals surface area contributed by atoms with Crippen molar-refractivity contribution in [3.8, 4) is 0 Å². The van der Waals surface area contributed by atoms with Gasteiger partial charge in [0.15, 0.2) is 0 Å². The summed E-state index contributed by atoms with van der Waals surface area (Å²) >= 11 is 0. The maximum absolute atomic E-state index is 12.5. The Balaban J connectivity index is 2.01. The first-order valence-electron chi connectivity index (χ1n) is 15.9. The molecule has 0 aromatic heterocycles. The molecule has 0 heterocycles. The predicted octanol–water partition coefficient (Wildman–Crippen LogP) is 9.58. The Morgan fingerprint density at radius 1 is 0.611 bits per heavy atom. The van der Waals surface area contributed by atoms with E-state index in [1.165, 1.54) is 89.9 Å². The molecule has 1 fully saturated rings. The van der Waals surface area contributed by atoms with E-state index in [4.69, 9.17) is 9.47 Å². The van der Waals surface area contributed by atoms with Crippen molar-refractivity contribution >= 4 is 11.9 Å². The van der Waals surface area contributed by atoms with Crippen LogP contribution in [0.3, 0.4) is 0 Å². The van der Waals surface area contributed by atoms with Crippen LogP contribution in [-0.4, -0.2) is 25.2 Å². The number of carbonyl (C=O) groups is 2. The fourth-order valence-corrected chi connectivity index (χ4v) is 5.33. The molecule has 0 amide bonds. The van der Waals surface area contributed by atoms with Gasteiger partial charge in [0.2, 0.25) is 0 Å². The topological polar surface area (TPSA) is 52.6 Å². The van der Waals surface area contributed by atoms with Gasteiger partial charge in [0.25, 0.3) is 0 Å². The zero-order chi connectivity index (χ0) is 26.3. The van der Waals surface area contributed by atoms with E-state index in [-0.39, 0.29) is 23.8 Å². The number of hydrogen-bond acceptors (Lipinski definition) is 4. The summed E-state index contributed by atoms with van der Waals surface area (Å²) in [5, 5.41) is 0. The van der Waals surface area contributed by atoms with E-state index in [0.29, 0.717) is 19.6 Å². The van der Waals surface area contributed by atoms with Crippen molar-refractivity contribution in [2.45, 2.75) is 162 Å². The fraction of sp³-hybridized carbons (Fsp3) is 0.938. The van der Waals surface area contributed by atoms with E-state index in [9.17, 15) is 9.59 Å². The summed E-state index contributed by atoms with van der Waals surface area (Å²) in [5.41, 5.74) is 0. The first-order valence-corrected chi connectivity index (χ1v) is 15.9. The van der Waals surface area contributed by atoms with Crippen molar-refractivity contribution in [1.29, 1.82) is 0 Å². The highest BCUT2D eigenvalue weighted by molar-refractivity contribution is 5.76. The lowest BCUT2D eigenvalue weighted by molar-refractivity contribution is -0.155. The zero-order valence-corrected chi connectivity index (χ0v) is 24.3. The third kappa shape index (κ3) is 18.2. The van der Waals surface area contributed by atoms with Gasteiger partial charge in [-0.2, -0.15) is 0 Å². The predicted molar refractivity (Wildman–Crippen MR) is 151 cm³/mol. The molecule has 0 spiro atoms.